The van der Waals surface area contributed by atoms with Crippen molar-refractivity contribution in [2.75, 3.05) is 43.4 Å². The molecule has 0 bridgehead atoms. The van der Waals surface area contributed by atoms with Gasteiger partial charge in [0.15, 0.2) is 0 Å². The maximum Gasteiger partial charge on any atom is 0.411 e. The lowest BCUT2D eigenvalue weighted by molar-refractivity contribution is -0.0925. The SMILES string of the molecule is CC(C)OC(=O)Nc1ccc(-c2c(N)c3ccc(OCCSC4COCOC4)cc3n2C2CCC2)cc1. The maximum absolute atomic E-state index is 12.0. The molecule has 1 saturated carbocycles. The minimum Gasteiger partial charge on any atom is -0.493 e. The van der Waals surface area contributed by atoms with Gasteiger partial charge in [-0.1, -0.05) is 12.1 Å². The van der Waals surface area contributed by atoms with Crippen LogP contribution >= 0.6 is 11.8 Å². The number of amides is 1. The van der Waals surface area contributed by atoms with Crippen LogP contribution in [0.3, 0.4) is 0 Å². The molecular weight excluding hydrogens is 490 g/mol. The normalized spacial score (nSPS) is 16.6. The van der Waals surface area contributed by atoms with Crippen LogP contribution in [0.5, 0.6) is 5.75 Å². The Bertz CT molecular complexity index is 1220. The minimum atomic E-state index is -0.461. The van der Waals surface area contributed by atoms with Crippen molar-refractivity contribution >= 4 is 40.1 Å². The molecule has 37 heavy (non-hydrogen) atoms. The summed E-state index contributed by atoms with van der Waals surface area (Å²) in [4.78, 5) is 12.0. The van der Waals surface area contributed by atoms with E-state index in [0.29, 0.717) is 30.4 Å². The van der Waals surface area contributed by atoms with Gasteiger partial charge in [-0.05, 0) is 57.4 Å². The standard InChI is InChI=1S/C28H35N3O5S/c1-18(2)36-28(32)30-20-8-6-19(7-9-20)27-26(29)24-11-10-22(14-25(24)31(27)21-4-3-5-21)35-12-13-37-23-15-33-17-34-16-23/h6-11,14,18,21,23H,3-5,12-13,15-17,29H2,1-2H3,(H,30,32). The van der Waals surface area contributed by atoms with E-state index in [1.807, 2.05) is 55.9 Å². The first-order valence-corrected chi connectivity index (χ1v) is 14.0. The molecule has 2 aromatic carbocycles. The fourth-order valence-electron chi connectivity index (χ4n) is 4.73. The highest BCUT2D eigenvalue weighted by Crippen LogP contribution is 2.45. The molecule has 2 aliphatic rings. The lowest BCUT2D eigenvalue weighted by Gasteiger charge is -2.30. The van der Waals surface area contributed by atoms with Crippen molar-refractivity contribution in [3.8, 4) is 17.0 Å². The van der Waals surface area contributed by atoms with Gasteiger partial charge in [-0.2, -0.15) is 11.8 Å². The van der Waals surface area contributed by atoms with Crippen molar-refractivity contribution in [3.63, 3.8) is 0 Å². The van der Waals surface area contributed by atoms with Crippen LogP contribution in [0, 0.1) is 0 Å². The van der Waals surface area contributed by atoms with Crippen molar-refractivity contribution in [1.29, 1.82) is 0 Å². The van der Waals surface area contributed by atoms with Crippen LogP contribution in [-0.2, 0) is 14.2 Å². The Hall–Kier alpha value is -2.88. The van der Waals surface area contributed by atoms with Crippen LogP contribution in [-0.4, -0.2) is 54.4 Å². The largest absolute Gasteiger partial charge is 0.493 e. The van der Waals surface area contributed by atoms with Crippen LogP contribution in [0.2, 0.25) is 0 Å². The van der Waals surface area contributed by atoms with Crippen LogP contribution in [0.15, 0.2) is 42.5 Å². The van der Waals surface area contributed by atoms with Crippen molar-refractivity contribution in [3.05, 3.63) is 42.5 Å². The summed E-state index contributed by atoms with van der Waals surface area (Å²) in [6, 6.07) is 14.3. The van der Waals surface area contributed by atoms with Crippen LogP contribution in [0.4, 0.5) is 16.2 Å². The molecule has 0 radical (unpaired) electrons. The third kappa shape index (κ3) is 6.00. The topological polar surface area (TPSA) is 97.0 Å². The molecule has 1 aromatic heterocycles. The van der Waals surface area contributed by atoms with Crippen molar-refractivity contribution in [2.24, 2.45) is 0 Å². The van der Waals surface area contributed by atoms with Gasteiger partial charge in [0.05, 0.1) is 48.1 Å². The second kappa shape index (κ2) is 11.7. The first-order valence-electron chi connectivity index (χ1n) is 12.9. The van der Waals surface area contributed by atoms with Gasteiger partial charge in [0.1, 0.15) is 12.5 Å². The molecule has 2 heterocycles. The number of carbonyl (C=O) groups excluding carboxylic acids is 1. The van der Waals surface area contributed by atoms with E-state index in [-0.39, 0.29) is 6.10 Å². The number of carbonyl (C=O) groups is 1. The summed E-state index contributed by atoms with van der Waals surface area (Å²) in [6.45, 7) is 6.12. The quantitative estimate of drug-likeness (QED) is 0.328. The number of nitrogens with one attached hydrogen (secondary N) is 1. The van der Waals surface area contributed by atoms with Crippen molar-refractivity contribution in [2.45, 2.75) is 50.5 Å². The summed E-state index contributed by atoms with van der Waals surface area (Å²) in [6.07, 6.45) is 2.84. The fourth-order valence-corrected chi connectivity index (χ4v) is 5.63. The molecule has 5 rings (SSSR count). The van der Waals surface area contributed by atoms with E-state index in [0.717, 1.165) is 65.4 Å². The summed E-state index contributed by atoms with van der Waals surface area (Å²) in [5.74, 6) is 1.72. The predicted molar refractivity (Wildman–Crippen MR) is 148 cm³/mol. The molecule has 198 valence electrons. The summed E-state index contributed by atoms with van der Waals surface area (Å²) < 4.78 is 24.4. The predicted octanol–water partition coefficient (Wildman–Crippen LogP) is 6.06. The van der Waals surface area contributed by atoms with Gasteiger partial charge in [-0.3, -0.25) is 5.32 Å². The lowest BCUT2D eigenvalue weighted by Crippen LogP contribution is -2.27. The maximum atomic E-state index is 12.0. The molecule has 9 heteroatoms. The van der Waals surface area contributed by atoms with E-state index in [1.165, 1.54) is 6.42 Å². The summed E-state index contributed by atoms with van der Waals surface area (Å²) in [5, 5.41) is 4.17. The molecule has 0 atom stereocenters. The molecule has 3 N–H and O–H groups in total. The number of rotatable bonds is 9. The number of hydrogen-bond acceptors (Lipinski definition) is 7. The van der Waals surface area contributed by atoms with Crippen molar-refractivity contribution < 1.29 is 23.7 Å². The third-order valence-electron chi connectivity index (χ3n) is 6.68. The molecule has 1 aliphatic heterocycles. The monoisotopic (exact) mass is 525 g/mol. The molecule has 1 aliphatic carbocycles. The van der Waals surface area contributed by atoms with Crippen LogP contribution < -0.4 is 15.8 Å². The Kier molecular flexibility index (Phi) is 8.12. The van der Waals surface area contributed by atoms with E-state index in [1.54, 1.807) is 0 Å². The van der Waals surface area contributed by atoms with Gasteiger partial charge < -0.3 is 29.2 Å². The average molecular weight is 526 g/mol. The highest BCUT2D eigenvalue weighted by Gasteiger charge is 2.27. The molecule has 8 nitrogen and oxygen atoms in total. The third-order valence-corrected chi connectivity index (χ3v) is 7.83. The number of nitrogen functional groups attached to an aromatic ring is 1. The van der Waals surface area contributed by atoms with Gasteiger partial charge in [0.2, 0.25) is 0 Å². The first-order chi connectivity index (χ1) is 18.0. The molecule has 1 amide bonds. The molecule has 3 aromatic rings. The number of fused-ring (bicyclic) bond motifs is 1. The second-order valence-electron chi connectivity index (χ2n) is 9.75. The fraction of sp³-hybridized carbons (Fsp3) is 0.464. The Morgan fingerprint density at radius 3 is 2.59 bits per heavy atom. The highest BCUT2D eigenvalue weighted by atomic mass is 32.2. The zero-order chi connectivity index (χ0) is 25.8. The number of nitrogens with zero attached hydrogens (tertiary/aromatic N) is 1. The molecule has 0 spiro atoms. The zero-order valence-corrected chi connectivity index (χ0v) is 22.2. The average Bonchev–Trinajstić information content (AvgIpc) is 3.13. The molecule has 1 saturated heterocycles. The Labute approximate surface area is 221 Å². The highest BCUT2D eigenvalue weighted by molar-refractivity contribution is 7.99. The number of hydrogen-bond donors (Lipinski definition) is 2. The van der Waals surface area contributed by atoms with E-state index in [4.69, 9.17) is 24.7 Å². The van der Waals surface area contributed by atoms with Gasteiger partial charge in [0, 0.05) is 34.5 Å². The first kappa shape index (κ1) is 25.8. The molecule has 2 fully saturated rings. The van der Waals surface area contributed by atoms with Gasteiger partial charge >= 0.3 is 6.09 Å². The number of nitrogens with two attached hydrogens (primary N) is 1. The van der Waals surface area contributed by atoms with Crippen molar-refractivity contribution in [1.82, 2.24) is 4.57 Å². The van der Waals surface area contributed by atoms with Gasteiger partial charge in [-0.25, -0.2) is 4.79 Å². The van der Waals surface area contributed by atoms with Gasteiger partial charge in [0.25, 0.3) is 0 Å². The van der Waals surface area contributed by atoms with E-state index >= 15 is 0 Å². The lowest BCUT2D eigenvalue weighted by atomic mass is 9.92. The number of ether oxygens (including phenoxy) is 4. The molecule has 0 unspecified atom stereocenters. The zero-order valence-electron chi connectivity index (χ0n) is 21.4. The smallest absolute Gasteiger partial charge is 0.411 e. The number of benzene rings is 2. The van der Waals surface area contributed by atoms with E-state index in [2.05, 4.69) is 22.0 Å². The Balaban J connectivity index is 1.35. The molecular formula is C28H35N3O5S. The van der Waals surface area contributed by atoms with Crippen LogP contribution in [0.25, 0.3) is 22.2 Å². The summed E-state index contributed by atoms with van der Waals surface area (Å²) >= 11 is 1.82. The number of thioether (sulfide) groups is 1. The Morgan fingerprint density at radius 2 is 1.92 bits per heavy atom. The van der Waals surface area contributed by atoms with Crippen LogP contribution in [0.1, 0.15) is 39.2 Å². The summed E-state index contributed by atoms with van der Waals surface area (Å²) in [7, 11) is 0. The second-order valence-corrected chi connectivity index (χ2v) is 11.2. The number of anilines is 2. The Morgan fingerprint density at radius 1 is 1.16 bits per heavy atom. The van der Waals surface area contributed by atoms with Gasteiger partial charge in [-0.15, -0.1) is 0 Å². The van der Waals surface area contributed by atoms with E-state index in [9.17, 15) is 4.79 Å². The number of aromatic nitrogens is 1. The minimum absolute atomic E-state index is 0.175. The van der Waals surface area contributed by atoms with E-state index < -0.39 is 6.09 Å². The summed E-state index contributed by atoms with van der Waals surface area (Å²) in [5.41, 5.74) is 11.3.